The minimum absolute atomic E-state index is 0.408. The van der Waals surface area contributed by atoms with Gasteiger partial charge in [0.15, 0.2) is 0 Å². The molecule has 1 aliphatic rings. The van der Waals surface area contributed by atoms with Crippen molar-refractivity contribution in [2.24, 2.45) is 11.7 Å². The Labute approximate surface area is 119 Å². The highest BCUT2D eigenvalue weighted by molar-refractivity contribution is 4.93. The first-order chi connectivity index (χ1) is 9.07. The van der Waals surface area contributed by atoms with Crippen LogP contribution in [0.15, 0.2) is 0 Å². The molecule has 0 saturated heterocycles. The topological polar surface area (TPSA) is 49.5 Å². The van der Waals surface area contributed by atoms with Crippen LogP contribution < -0.4 is 5.73 Å². The van der Waals surface area contributed by atoms with Gasteiger partial charge in [0, 0.05) is 12.6 Å². The molecule has 0 aliphatic heterocycles. The van der Waals surface area contributed by atoms with Gasteiger partial charge in [-0.15, -0.1) is 0 Å². The van der Waals surface area contributed by atoms with Crippen LogP contribution in [0.5, 0.6) is 0 Å². The van der Waals surface area contributed by atoms with Gasteiger partial charge >= 0.3 is 0 Å². The van der Waals surface area contributed by atoms with Crippen LogP contribution in [-0.4, -0.2) is 41.3 Å². The fourth-order valence-corrected chi connectivity index (χ4v) is 3.30. The van der Waals surface area contributed by atoms with Crippen molar-refractivity contribution < 1.29 is 5.11 Å². The predicted octanol–water partition coefficient (Wildman–Crippen LogP) is 2.77. The van der Waals surface area contributed by atoms with E-state index in [2.05, 4.69) is 25.7 Å². The first-order valence-corrected chi connectivity index (χ1v) is 8.23. The molecule has 3 heteroatoms. The number of nitrogens with zero attached hydrogens (tertiary/aromatic N) is 1. The molecule has 0 bridgehead atoms. The van der Waals surface area contributed by atoms with Gasteiger partial charge in [-0.05, 0) is 58.0 Å². The summed E-state index contributed by atoms with van der Waals surface area (Å²) in [6.07, 6.45) is 8.01. The zero-order valence-electron chi connectivity index (χ0n) is 13.2. The maximum absolute atomic E-state index is 10.5. The van der Waals surface area contributed by atoms with Crippen LogP contribution in [0, 0.1) is 5.92 Å². The molecule has 1 rings (SSSR count). The second-order valence-corrected chi connectivity index (χ2v) is 6.33. The lowest BCUT2D eigenvalue weighted by molar-refractivity contribution is 0.00303. The summed E-state index contributed by atoms with van der Waals surface area (Å²) in [6, 6.07) is 0.652. The molecule has 3 atom stereocenters. The summed E-state index contributed by atoms with van der Waals surface area (Å²) >= 11 is 0. The Balaban J connectivity index is 2.46. The molecule has 3 nitrogen and oxygen atoms in total. The first-order valence-electron chi connectivity index (χ1n) is 8.23. The maximum atomic E-state index is 10.5. The molecular weight excluding hydrogens is 236 g/mol. The Bertz CT molecular complexity index is 247. The Hall–Kier alpha value is -0.120. The third kappa shape index (κ3) is 4.73. The molecule has 0 aromatic rings. The van der Waals surface area contributed by atoms with Gasteiger partial charge in [0.2, 0.25) is 0 Å². The summed E-state index contributed by atoms with van der Waals surface area (Å²) in [5.74, 6) is 0.408. The van der Waals surface area contributed by atoms with Crippen LogP contribution in [0.3, 0.4) is 0 Å². The van der Waals surface area contributed by atoms with Gasteiger partial charge in [-0.2, -0.15) is 0 Å². The number of unbranched alkanes of at least 4 members (excludes halogenated alkanes) is 1. The van der Waals surface area contributed by atoms with Gasteiger partial charge in [0.25, 0.3) is 0 Å². The van der Waals surface area contributed by atoms with E-state index in [1.165, 1.54) is 25.8 Å². The van der Waals surface area contributed by atoms with Crippen molar-refractivity contribution in [2.45, 2.75) is 77.4 Å². The van der Waals surface area contributed by atoms with Crippen LogP contribution in [0.2, 0.25) is 0 Å². The summed E-state index contributed by atoms with van der Waals surface area (Å²) in [7, 11) is 0. The fraction of sp³-hybridized carbons (Fsp3) is 1.00. The van der Waals surface area contributed by atoms with Crippen molar-refractivity contribution >= 4 is 0 Å². The zero-order valence-corrected chi connectivity index (χ0v) is 13.2. The maximum Gasteiger partial charge on any atom is 0.0797 e. The molecular formula is C16H34N2O. The molecule has 19 heavy (non-hydrogen) atoms. The Morgan fingerprint density at radius 1 is 1.37 bits per heavy atom. The standard InChI is InChI=1S/C16H34N2O/c1-4-6-11-18(14(3)5-2)12-9-15-8-7-10-16(15,19)13-17/h14-15,19H,4-13,17H2,1-3H3. The van der Waals surface area contributed by atoms with Crippen LogP contribution in [0.25, 0.3) is 0 Å². The largest absolute Gasteiger partial charge is 0.388 e. The molecule has 1 saturated carbocycles. The third-order valence-corrected chi connectivity index (χ3v) is 5.05. The van der Waals surface area contributed by atoms with Crippen molar-refractivity contribution in [1.82, 2.24) is 4.90 Å². The van der Waals surface area contributed by atoms with Gasteiger partial charge in [-0.25, -0.2) is 0 Å². The first kappa shape index (κ1) is 16.9. The Morgan fingerprint density at radius 2 is 2.11 bits per heavy atom. The third-order valence-electron chi connectivity index (χ3n) is 5.05. The lowest BCUT2D eigenvalue weighted by atomic mass is 9.88. The van der Waals surface area contributed by atoms with E-state index in [0.717, 1.165) is 32.2 Å². The molecule has 0 heterocycles. The predicted molar refractivity (Wildman–Crippen MR) is 82.2 cm³/mol. The second-order valence-electron chi connectivity index (χ2n) is 6.33. The molecule has 1 fully saturated rings. The average molecular weight is 270 g/mol. The SMILES string of the molecule is CCCCN(CCC1CCCC1(O)CN)C(C)CC. The van der Waals surface area contributed by atoms with E-state index in [1.54, 1.807) is 0 Å². The molecule has 0 amide bonds. The van der Waals surface area contributed by atoms with Crippen LogP contribution in [-0.2, 0) is 0 Å². The van der Waals surface area contributed by atoms with Crippen molar-refractivity contribution in [3.05, 3.63) is 0 Å². The van der Waals surface area contributed by atoms with Crippen LogP contribution in [0.1, 0.15) is 65.7 Å². The van der Waals surface area contributed by atoms with Gasteiger partial charge in [0.1, 0.15) is 0 Å². The van der Waals surface area contributed by atoms with Gasteiger partial charge in [-0.1, -0.05) is 26.7 Å². The number of rotatable bonds is 9. The zero-order chi connectivity index (χ0) is 14.3. The molecule has 0 spiro atoms. The molecule has 114 valence electrons. The highest BCUT2D eigenvalue weighted by Crippen LogP contribution is 2.37. The normalized spacial score (nSPS) is 29.1. The lowest BCUT2D eigenvalue weighted by Crippen LogP contribution is -2.43. The quantitative estimate of drug-likeness (QED) is 0.677. The Kier molecular flexibility index (Phi) is 7.33. The summed E-state index contributed by atoms with van der Waals surface area (Å²) < 4.78 is 0. The average Bonchev–Trinajstić information content (AvgIpc) is 2.80. The summed E-state index contributed by atoms with van der Waals surface area (Å²) in [6.45, 7) is 9.56. The molecule has 1 aliphatic carbocycles. The number of hydrogen-bond donors (Lipinski definition) is 2. The molecule has 3 unspecified atom stereocenters. The van der Waals surface area contributed by atoms with Gasteiger partial charge in [0.05, 0.1) is 5.60 Å². The van der Waals surface area contributed by atoms with E-state index in [9.17, 15) is 5.11 Å². The monoisotopic (exact) mass is 270 g/mol. The van der Waals surface area contributed by atoms with E-state index in [1.807, 2.05) is 0 Å². The number of hydrogen-bond acceptors (Lipinski definition) is 3. The van der Waals surface area contributed by atoms with Gasteiger partial charge < -0.3 is 15.7 Å². The number of aliphatic hydroxyl groups is 1. The molecule has 0 aromatic carbocycles. The van der Waals surface area contributed by atoms with Crippen molar-refractivity contribution in [2.75, 3.05) is 19.6 Å². The van der Waals surface area contributed by atoms with E-state index >= 15 is 0 Å². The summed E-state index contributed by atoms with van der Waals surface area (Å²) in [5.41, 5.74) is 5.19. The second kappa shape index (κ2) is 8.23. The van der Waals surface area contributed by atoms with Crippen molar-refractivity contribution in [3.63, 3.8) is 0 Å². The van der Waals surface area contributed by atoms with E-state index in [4.69, 9.17) is 5.73 Å². The van der Waals surface area contributed by atoms with Crippen LogP contribution in [0.4, 0.5) is 0 Å². The highest BCUT2D eigenvalue weighted by Gasteiger charge is 2.39. The molecule has 0 aromatic heterocycles. The lowest BCUT2D eigenvalue weighted by Gasteiger charge is -2.33. The van der Waals surface area contributed by atoms with E-state index in [-0.39, 0.29) is 0 Å². The number of nitrogens with two attached hydrogens (primary N) is 1. The van der Waals surface area contributed by atoms with E-state index < -0.39 is 5.60 Å². The Morgan fingerprint density at radius 3 is 2.68 bits per heavy atom. The highest BCUT2D eigenvalue weighted by atomic mass is 16.3. The van der Waals surface area contributed by atoms with Crippen molar-refractivity contribution in [3.8, 4) is 0 Å². The molecule has 0 radical (unpaired) electrons. The molecule has 3 N–H and O–H groups in total. The van der Waals surface area contributed by atoms with Gasteiger partial charge in [-0.3, -0.25) is 0 Å². The van der Waals surface area contributed by atoms with Crippen LogP contribution >= 0.6 is 0 Å². The van der Waals surface area contributed by atoms with Crippen molar-refractivity contribution in [1.29, 1.82) is 0 Å². The minimum atomic E-state index is -0.578. The smallest absolute Gasteiger partial charge is 0.0797 e. The summed E-state index contributed by atoms with van der Waals surface area (Å²) in [5, 5.41) is 10.5. The van der Waals surface area contributed by atoms with E-state index in [0.29, 0.717) is 18.5 Å². The minimum Gasteiger partial charge on any atom is -0.388 e. The fourth-order valence-electron chi connectivity index (χ4n) is 3.30. The summed E-state index contributed by atoms with van der Waals surface area (Å²) in [4.78, 5) is 2.60.